The van der Waals surface area contributed by atoms with E-state index in [-0.39, 0.29) is 24.3 Å². The molecule has 1 saturated heterocycles. The van der Waals surface area contributed by atoms with Gasteiger partial charge in [0, 0.05) is 26.2 Å². The maximum atomic E-state index is 13.2. The Morgan fingerprint density at radius 2 is 1.84 bits per heavy atom. The van der Waals surface area contributed by atoms with Crippen molar-refractivity contribution in [2.75, 3.05) is 20.6 Å². The van der Waals surface area contributed by atoms with Crippen LogP contribution in [-0.4, -0.2) is 54.2 Å². The Kier molecular flexibility index (Phi) is 5.22. The van der Waals surface area contributed by atoms with Crippen LogP contribution in [0.4, 0.5) is 4.79 Å². The Hall–Kier alpha value is -3.68. The van der Waals surface area contributed by atoms with Crippen LogP contribution in [0.1, 0.15) is 33.5 Å². The van der Waals surface area contributed by atoms with Gasteiger partial charge in [-0.1, -0.05) is 36.4 Å². The Morgan fingerprint density at radius 1 is 1.13 bits per heavy atom. The SMILES string of the molecule is CNC(=O)c1ccc(CN(C)C(=O)CN2C(=O)NC3(CCc4ccccc43)C2=O)cc1. The Morgan fingerprint density at radius 3 is 2.55 bits per heavy atom. The van der Waals surface area contributed by atoms with Crippen molar-refractivity contribution < 1.29 is 19.2 Å². The number of aryl methyl sites for hydroxylation is 1. The van der Waals surface area contributed by atoms with Crippen LogP contribution in [-0.2, 0) is 28.1 Å². The van der Waals surface area contributed by atoms with E-state index in [9.17, 15) is 19.2 Å². The molecule has 4 rings (SSSR count). The Balaban J connectivity index is 1.43. The minimum Gasteiger partial charge on any atom is -0.355 e. The van der Waals surface area contributed by atoms with E-state index in [2.05, 4.69) is 10.6 Å². The zero-order valence-corrected chi connectivity index (χ0v) is 17.5. The average molecular weight is 420 g/mol. The van der Waals surface area contributed by atoms with Crippen molar-refractivity contribution >= 4 is 23.8 Å². The van der Waals surface area contributed by atoms with Gasteiger partial charge in [-0.3, -0.25) is 19.3 Å². The van der Waals surface area contributed by atoms with E-state index in [1.807, 2.05) is 24.3 Å². The zero-order chi connectivity index (χ0) is 22.2. The fraction of sp³-hybridized carbons (Fsp3) is 0.304. The molecule has 0 radical (unpaired) electrons. The predicted octanol–water partition coefficient (Wildman–Crippen LogP) is 1.40. The lowest BCUT2D eigenvalue weighted by Crippen LogP contribution is -2.44. The van der Waals surface area contributed by atoms with Crippen molar-refractivity contribution in [1.29, 1.82) is 0 Å². The fourth-order valence-corrected chi connectivity index (χ4v) is 4.26. The maximum absolute atomic E-state index is 13.2. The summed E-state index contributed by atoms with van der Waals surface area (Å²) in [5.74, 6) is -0.904. The zero-order valence-electron chi connectivity index (χ0n) is 17.5. The molecule has 31 heavy (non-hydrogen) atoms. The van der Waals surface area contributed by atoms with Gasteiger partial charge in [-0.05, 0) is 41.7 Å². The number of hydrogen-bond donors (Lipinski definition) is 2. The van der Waals surface area contributed by atoms with Crippen LogP contribution in [0.2, 0.25) is 0 Å². The highest BCUT2D eigenvalue weighted by atomic mass is 16.2. The molecule has 1 unspecified atom stereocenters. The first-order valence-corrected chi connectivity index (χ1v) is 10.1. The fourth-order valence-electron chi connectivity index (χ4n) is 4.26. The molecule has 160 valence electrons. The molecule has 0 aromatic heterocycles. The molecule has 8 nitrogen and oxygen atoms in total. The predicted molar refractivity (Wildman–Crippen MR) is 113 cm³/mol. The van der Waals surface area contributed by atoms with Crippen molar-refractivity contribution in [1.82, 2.24) is 20.4 Å². The van der Waals surface area contributed by atoms with Gasteiger partial charge in [0.1, 0.15) is 12.1 Å². The molecule has 1 fully saturated rings. The summed E-state index contributed by atoms with van der Waals surface area (Å²) < 4.78 is 0. The van der Waals surface area contributed by atoms with E-state index in [1.165, 1.54) is 4.90 Å². The standard InChI is InChI=1S/C23H24N4O4/c1-24-20(29)17-9-7-15(8-10-17)13-26(2)19(28)14-27-21(30)23(25-22(27)31)12-11-16-5-3-4-6-18(16)23/h3-10H,11-14H2,1-2H3,(H,24,29)(H,25,31). The van der Waals surface area contributed by atoms with Crippen molar-refractivity contribution in [2.45, 2.75) is 24.9 Å². The molecule has 1 heterocycles. The normalized spacial score (nSPS) is 19.4. The van der Waals surface area contributed by atoms with Gasteiger partial charge in [0.05, 0.1) is 0 Å². The summed E-state index contributed by atoms with van der Waals surface area (Å²) in [5, 5.41) is 5.39. The average Bonchev–Trinajstić information content (AvgIpc) is 3.26. The summed E-state index contributed by atoms with van der Waals surface area (Å²) >= 11 is 0. The number of carbonyl (C=O) groups excluding carboxylic acids is 4. The van der Waals surface area contributed by atoms with E-state index >= 15 is 0 Å². The van der Waals surface area contributed by atoms with Crippen molar-refractivity contribution in [3.8, 4) is 0 Å². The number of hydrogen-bond acceptors (Lipinski definition) is 4. The third-order valence-electron chi connectivity index (χ3n) is 6.00. The number of amides is 5. The summed E-state index contributed by atoms with van der Waals surface area (Å²) in [6.45, 7) is -0.0219. The van der Waals surface area contributed by atoms with Gasteiger partial charge in [0.15, 0.2) is 0 Å². The second kappa shape index (κ2) is 7.86. The lowest BCUT2D eigenvalue weighted by Gasteiger charge is -2.23. The minimum absolute atomic E-state index is 0.183. The van der Waals surface area contributed by atoms with Crippen LogP contribution in [0.25, 0.3) is 0 Å². The van der Waals surface area contributed by atoms with Crippen LogP contribution >= 0.6 is 0 Å². The molecule has 5 amide bonds. The van der Waals surface area contributed by atoms with E-state index in [4.69, 9.17) is 0 Å². The molecule has 2 aromatic carbocycles. The number of nitrogens with zero attached hydrogens (tertiary/aromatic N) is 2. The van der Waals surface area contributed by atoms with Crippen LogP contribution < -0.4 is 10.6 Å². The van der Waals surface area contributed by atoms with Crippen LogP contribution in [0.5, 0.6) is 0 Å². The lowest BCUT2D eigenvalue weighted by atomic mass is 9.92. The number of nitrogens with one attached hydrogen (secondary N) is 2. The quantitative estimate of drug-likeness (QED) is 0.715. The van der Waals surface area contributed by atoms with E-state index in [0.717, 1.165) is 21.6 Å². The molecule has 1 spiro atoms. The van der Waals surface area contributed by atoms with E-state index in [0.29, 0.717) is 24.9 Å². The molecule has 0 bridgehead atoms. The van der Waals surface area contributed by atoms with Crippen LogP contribution in [0.15, 0.2) is 48.5 Å². The molecular weight excluding hydrogens is 396 g/mol. The summed E-state index contributed by atoms with van der Waals surface area (Å²) in [6, 6.07) is 14.0. The monoisotopic (exact) mass is 420 g/mol. The molecule has 8 heteroatoms. The first-order valence-electron chi connectivity index (χ1n) is 10.1. The molecule has 1 aliphatic carbocycles. The molecular formula is C23H24N4O4. The summed E-state index contributed by atoms with van der Waals surface area (Å²) in [5.41, 5.74) is 2.15. The van der Waals surface area contributed by atoms with E-state index in [1.54, 1.807) is 38.4 Å². The van der Waals surface area contributed by atoms with Gasteiger partial charge in [-0.25, -0.2) is 4.79 Å². The topological polar surface area (TPSA) is 98.8 Å². The van der Waals surface area contributed by atoms with Crippen molar-refractivity contribution in [3.63, 3.8) is 0 Å². The van der Waals surface area contributed by atoms with Crippen LogP contribution in [0.3, 0.4) is 0 Å². The summed E-state index contributed by atoms with van der Waals surface area (Å²) in [7, 11) is 3.18. The maximum Gasteiger partial charge on any atom is 0.325 e. The van der Waals surface area contributed by atoms with Crippen LogP contribution in [0, 0.1) is 0 Å². The highest BCUT2D eigenvalue weighted by molar-refractivity contribution is 6.09. The summed E-state index contributed by atoms with van der Waals surface area (Å²) in [6.07, 6.45) is 1.20. The summed E-state index contributed by atoms with van der Waals surface area (Å²) in [4.78, 5) is 52.6. The van der Waals surface area contributed by atoms with Crippen molar-refractivity contribution in [2.24, 2.45) is 0 Å². The number of imide groups is 1. The minimum atomic E-state index is -1.07. The smallest absolute Gasteiger partial charge is 0.325 e. The second-order valence-electron chi connectivity index (χ2n) is 7.91. The number of urea groups is 1. The first-order chi connectivity index (χ1) is 14.9. The first kappa shape index (κ1) is 20.6. The number of carbonyl (C=O) groups is 4. The van der Waals surface area contributed by atoms with Crippen molar-refractivity contribution in [3.05, 3.63) is 70.8 Å². The number of likely N-dealkylation sites (N-methyl/N-ethyl adjacent to an activating group) is 1. The van der Waals surface area contributed by atoms with E-state index < -0.39 is 11.6 Å². The largest absolute Gasteiger partial charge is 0.355 e. The molecule has 2 N–H and O–H groups in total. The third kappa shape index (κ3) is 3.54. The van der Waals surface area contributed by atoms with Gasteiger partial charge in [-0.15, -0.1) is 0 Å². The van der Waals surface area contributed by atoms with Gasteiger partial charge in [0.2, 0.25) is 5.91 Å². The Labute approximate surface area is 180 Å². The molecule has 2 aliphatic rings. The molecule has 0 saturated carbocycles. The van der Waals surface area contributed by atoms with Gasteiger partial charge in [-0.2, -0.15) is 0 Å². The Bertz CT molecular complexity index is 1070. The molecule has 2 aromatic rings. The molecule has 1 aliphatic heterocycles. The number of fused-ring (bicyclic) bond motifs is 2. The number of rotatable bonds is 5. The van der Waals surface area contributed by atoms with Gasteiger partial charge < -0.3 is 15.5 Å². The highest BCUT2D eigenvalue weighted by Crippen LogP contribution is 2.41. The molecule has 1 atom stereocenters. The van der Waals surface area contributed by atoms with Gasteiger partial charge >= 0.3 is 6.03 Å². The third-order valence-corrected chi connectivity index (χ3v) is 6.00. The number of benzene rings is 2. The lowest BCUT2D eigenvalue weighted by molar-refractivity contribution is -0.138. The highest BCUT2D eigenvalue weighted by Gasteiger charge is 2.55. The second-order valence-corrected chi connectivity index (χ2v) is 7.91. The van der Waals surface area contributed by atoms with Gasteiger partial charge in [0.25, 0.3) is 11.8 Å².